The molecule has 2 saturated heterocycles. The van der Waals surface area contributed by atoms with Crippen LogP contribution in [0, 0.1) is 0 Å². The first-order valence-electron chi connectivity index (χ1n) is 8.59. The first-order chi connectivity index (χ1) is 11.2. The highest BCUT2D eigenvalue weighted by molar-refractivity contribution is 5.94. The third kappa shape index (κ3) is 4.10. The third-order valence-electron chi connectivity index (χ3n) is 4.74. The van der Waals surface area contributed by atoms with Crippen molar-refractivity contribution < 1.29 is 9.59 Å². The number of carbonyl (C=O) groups is 2. The molecule has 1 unspecified atom stereocenters. The lowest BCUT2D eigenvalue weighted by Crippen LogP contribution is -2.39. The molecule has 5 heteroatoms. The van der Waals surface area contributed by atoms with E-state index < -0.39 is 0 Å². The zero-order valence-electron chi connectivity index (χ0n) is 13.5. The lowest BCUT2D eigenvalue weighted by molar-refractivity contribution is -0.131. The zero-order valence-corrected chi connectivity index (χ0v) is 13.5. The van der Waals surface area contributed by atoms with Crippen LogP contribution in [-0.2, 0) is 4.79 Å². The summed E-state index contributed by atoms with van der Waals surface area (Å²) >= 11 is 0. The van der Waals surface area contributed by atoms with Crippen molar-refractivity contribution in [2.45, 2.75) is 31.7 Å². The van der Waals surface area contributed by atoms with Gasteiger partial charge in [-0.1, -0.05) is 18.2 Å². The van der Waals surface area contributed by atoms with Crippen molar-refractivity contribution in [1.82, 2.24) is 15.1 Å². The second-order valence-corrected chi connectivity index (χ2v) is 6.39. The molecule has 0 spiro atoms. The Hall–Kier alpha value is -1.88. The molecule has 1 aromatic rings. The number of carbonyl (C=O) groups excluding carboxylic acids is 2. The maximum absolute atomic E-state index is 12.5. The number of hydrogen-bond donors (Lipinski definition) is 1. The van der Waals surface area contributed by atoms with Gasteiger partial charge in [0, 0.05) is 44.2 Å². The Kier molecular flexibility index (Phi) is 5.28. The van der Waals surface area contributed by atoms with E-state index >= 15 is 0 Å². The highest BCUT2D eigenvalue weighted by Gasteiger charge is 2.25. The van der Waals surface area contributed by atoms with Gasteiger partial charge in [0.2, 0.25) is 5.91 Å². The van der Waals surface area contributed by atoms with E-state index in [4.69, 9.17) is 0 Å². The van der Waals surface area contributed by atoms with Crippen LogP contribution in [0.5, 0.6) is 0 Å². The average Bonchev–Trinajstić information content (AvgIpc) is 2.96. The summed E-state index contributed by atoms with van der Waals surface area (Å²) in [4.78, 5) is 28.8. The minimum atomic E-state index is 0.0670. The SMILES string of the molecule is O=C(CC1CCCN1)N1CCCN(C(=O)c2ccccc2)CC1. The summed E-state index contributed by atoms with van der Waals surface area (Å²) in [7, 11) is 0. The molecule has 5 nitrogen and oxygen atoms in total. The summed E-state index contributed by atoms with van der Waals surface area (Å²) in [6, 6.07) is 9.72. The predicted octanol–water partition coefficient (Wildman–Crippen LogP) is 1.50. The lowest BCUT2D eigenvalue weighted by atomic mass is 10.1. The molecule has 1 aromatic carbocycles. The van der Waals surface area contributed by atoms with Crippen LogP contribution in [0.3, 0.4) is 0 Å². The third-order valence-corrected chi connectivity index (χ3v) is 4.74. The summed E-state index contributed by atoms with van der Waals surface area (Å²) in [6.07, 6.45) is 3.70. The first kappa shape index (κ1) is 16.0. The summed E-state index contributed by atoms with van der Waals surface area (Å²) in [5.41, 5.74) is 0.724. The molecule has 2 heterocycles. The van der Waals surface area contributed by atoms with Gasteiger partial charge < -0.3 is 15.1 Å². The topological polar surface area (TPSA) is 52.7 Å². The number of rotatable bonds is 3. The zero-order chi connectivity index (χ0) is 16.1. The van der Waals surface area contributed by atoms with Crippen LogP contribution in [0.25, 0.3) is 0 Å². The normalized spacial score (nSPS) is 22.0. The van der Waals surface area contributed by atoms with Gasteiger partial charge >= 0.3 is 0 Å². The highest BCUT2D eigenvalue weighted by atomic mass is 16.2. The Morgan fingerprint density at radius 1 is 1.00 bits per heavy atom. The smallest absolute Gasteiger partial charge is 0.253 e. The van der Waals surface area contributed by atoms with Crippen LogP contribution < -0.4 is 5.32 Å². The fourth-order valence-electron chi connectivity index (χ4n) is 3.40. The first-order valence-corrected chi connectivity index (χ1v) is 8.59. The number of nitrogens with zero attached hydrogens (tertiary/aromatic N) is 2. The molecule has 1 N–H and O–H groups in total. The van der Waals surface area contributed by atoms with E-state index in [1.54, 1.807) is 0 Å². The van der Waals surface area contributed by atoms with Crippen molar-refractivity contribution in [2.75, 3.05) is 32.7 Å². The van der Waals surface area contributed by atoms with Gasteiger partial charge in [-0.3, -0.25) is 9.59 Å². The van der Waals surface area contributed by atoms with Gasteiger partial charge in [0.25, 0.3) is 5.91 Å². The van der Waals surface area contributed by atoms with Crippen LogP contribution >= 0.6 is 0 Å². The number of amides is 2. The molecule has 0 aromatic heterocycles. The molecule has 2 aliphatic rings. The standard InChI is InChI=1S/C18H25N3O2/c22-17(14-16-8-4-9-19-16)20-10-5-11-21(13-12-20)18(23)15-6-2-1-3-7-15/h1-3,6-7,16,19H,4-5,8-14H2. The van der Waals surface area contributed by atoms with Crippen molar-refractivity contribution >= 4 is 11.8 Å². The monoisotopic (exact) mass is 315 g/mol. The van der Waals surface area contributed by atoms with Crippen LogP contribution in [-0.4, -0.2) is 60.4 Å². The van der Waals surface area contributed by atoms with Gasteiger partial charge in [-0.2, -0.15) is 0 Å². The molecular formula is C18H25N3O2. The predicted molar refractivity (Wildman–Crippen MR) is 89.2 cm³/mol. The van der Waals surface area contributed by atoms with Crippen molar-refractivity contribution in [3.63, 3.8) is 0 Å². The summed E-state index contributed by atoms with van der Waals surface area (Å²) in [5.74, 6) is 0.288. The van der Waals surface area contributed by atoms with Crippen LogP contribution in [0.15, 0.2) is 30.3 Å². The second-order valence-electron chi connectivity index (χ2n) is 6.39. The van der Waals surface area contributed by atoms with E-state index in [1.165, 1.54) is 0 Å². The van der Waals surface area contributed by atoms with Gasteiger partial charge in [-0.25, -0.2) is 0 Å². The Morgan fingerprint density at radius 2 is 1.74 bits per heavy atom. The van der Waals surface area contributed by atoms with Crippen molar-refractivity contribution in [1.29, 1.82) is 0 Å². The van der Waals surface area contributed by atoms with E-state index in [2.05, 4.69) is 5.32 Å². The van der Waals surface area contributed by atoms with Crippen molar-refractivity contribution in [3.05, 3.63) is 35.9 Å². The molecule has 2 amide bonds. The van der Waals surface area contributed by atoms with E-state index in [9.17, 15) is 9.59 Å². The molecule has 0 radical (unpaired) electrons. The van der Waals surface area contributed by atoms with E-state index in [1.807, 2.05) is 40.1 Å². The van der Waals surface area contributed by atoms with Gasteiger partial charge in [0.15, 0.2) is 0 Å². The molecule has 0 aliphatic carbocycles. The molecule has 1 atom stereocenters. The molecule has 124 valence electrons. The Balaban J connectivity index is 1.54. The second kappa shape index (κ2) is 7.59. The fraction of sp³-hybridized carbons (Fsp3) is 0.556. The Morgan fingerprint density at radius 3 is 2.48 bits per heavy atom. The van der Waals surface area contributed by atoms with Gasteiger partial charge in [-0.15, -0.1) is 0 Å². The van der Waals surface area contributed by atoms with Gasteiger partial charge in [-0.05, 0) is 37.9 Å². The number of hydrogen-bond acceptors (Lipinski definition) is 3. The Bertz CT molecular complexity index is 540. The fourth-order valence-corrected chi connectivity index (χ4v) is 3.40. The quantitative estimate of drug-likeness (QED) is 0.920. The van der Waals surface area contributed by atoms with Crippen LogP contribution in [0.1, 0.15) is 36.0 Å². The molecule has 3 rings (SSSR count). The van der Waals surface area contributed by atoms with Crippen LogP contribution in [0.2, 0.25) is 0 Å². The number of nitrogens with one attached hydrogen (secondary N) is 1. The summed E-state index contributed by atoms with van der Waals surface area (Å²) in [5, 5.41) is 3.38. The largest absolute Gasteiger partial charge is 0.341 e. The summed E-state index contributed by atoms with van der Waals surface area (Å²) in [6.45, 7) is 3.77. The summed E-state index contributed by atoms with van der Waals surface area (Å²) < 4.78 is 0. The van der Waals surface area contributed by atoms with E-state index in [-0.39, 0.29) is 11.8 Å². The van der Waals surface area contributed by atoms with E-state index in [0.717, 1.165) is 44.5 Å². The molecule has 2 aliphatic heterocycles. The van der Waals surface area contributed by atoms with E-state index in [0.29, 0.717) is 25.6 Å². The Labute approximate surface area is 137 Å². The molecular weight excluding hydrogens is 290 g/mol. The van der Waals surface area contributed by atoms with Crippen molar-refractivity contribution in [3.8, 4) is 0 Å². The minimum Gasteiger partial charge on any atom is -0.341 e. The minimum absolute atomic E-state index is 0.0670. The molecule has 0 saturated carbocycles. The van der Waals surface area contributed by atoms with Crippen molar-refractivity contribution in [2.24, 2.45) is 0 Å². The number of benzene rings is 1. The maximum Gasteiger partial charge on any atom is 0.253 e. The molecule has 0 bridgehead atoms. The van der Waals surface area contributed by atoms with Gasteiger partial charge in [0.05, 0.1) is 0 Å². The molecule has 2 fully saturated rings. The lowest BCUT2D eigenvalue weighted by Gasteiger charge is -2.23. The average molecular weight is 315 g/mol. The maximum atomic E-state index is 12.5. The molecule has 23 heavy (non-hydrogen) atoms. The van der Waals surface area contributed by atoms with Crippen LogP contribution in [0.4, 0.5) is 0 Å². The highest BCUT2D eigenvalue weighted by Crippen LogP contribution is 2.13. The van der Waals surface area contributed by atoms with Gasteiger partial charge in [0.1, 0.15) is 0 Å².